The predicted octanol–water partition coefficient (Wildman–Crippen LogP) is 6.46. The summed E-state index contributed by atoms with van der Waals surface area (Å²) in [5.74, 6) is 0.837. The lowest BCUT2D eigenvalue weighted by Gasteiger charge is -2.41. The number of pyridine rings is 1. The van der Waals surface area contributed by atoms with Crippen molar-refractivity contribution in [1.82, 2.24) is 34.3 Å². The molecule has 0 unspecified atom stereocenters. The molecule has 5 heterocycles. The van der Waals surface area contributed by atoms with E-state index in [2.05, 4.69) is 48.0 Å². The Morgan fingerprint density at radius 3 is 2.36 bits per heavy atom. The Balaban J connectivity index is 1.13. The molecule has 2 saturated heterocycles. The molecule has 0 saturated carbocycles. The molecule has 2 aliphatic rings. The number of nitrogens with zero attached hydrogens (tertiary/aromatic N) is 7. The summed E-state index contributed by atoms with van der Waals surface area (Å²) in [6.45, 7) is 14.0. The van der Waals surface area contributed by atoms with Crippen molar-refractivity contribution < 1.29 is 8.78 Å². The molecule has 2 aliphatic heterocycles. The van der Waals surface area contributed by atoms with Gasteiger partial charge in [-0.1, -0.05) is 13.0 Å². The first-order chi connectivity index (χ1) is 20.3. The number of hydrogen-bond donors (Lipinski definition) is 1. The van der Waals surface area contributed by atoms with Crippen LogP contribution in [0.25, 0.3) is 22.3 Å². The van der Waals surface area contributed by atoms with E-state index >= 15 is 4.39 Å². The lowest BCUT2D eigenvalue weighted by molar-refractivity contribution is 0.0894. The monoisotopic (exact) mass is 574 g/mol. The van der Waals surface area contributed by atoms with Gasteiger partial charge in [0, 0.05) is 23.8 Å². The lowest BCUT2D eigenvalue weighted by Crippen LogP contribution is -2.47. The highest BCUT2D eigenvalue weighted by Gasteiger charge is 2.28. The summed E-state index contributed by atoms with van der Waals surface area (Å²) in [7, 11) is 0. The second-order valence-corrected chi connectivity index (χ2v) is 11.9. The summed E-state index contributed by atoms with van der Waals surface area (Å²) in [5, 5.41) is 3.09. The largest absolute Gasteiger partial charge is 0.326 e. The number of imidazole rings is 1. The molecule has 10 heteroatoms. The second kappa shape index (κ2) is 12.0. The molecule has 0 bridgehead atoms. The van der Waals surface area contributed by atoms with E-state index in [1.807, 2.05) is 37.6 Å². The third-order valence-electron chi connectivity index (χ3n) is 9.01. The van der Waals surface area contributed by atoms with E-state index in [9.17, 15) is 4.39 Å². The van der Waals surface area contributed by atoms with Crippen LogP contribution in [0.4, 0.5) is 20.5 Å². The standard InChI is InChI=1S/C32H40F2N8/c1-5-40-12-10-25(11-13-40)41-14-8-22(9-15-41)23-6-7-29(35-18-23)38-32-36-19-27(34)30(39-32)24-16-26(33)31-28(17-24)42(20(2)3)21(4)37-31/h6-7,16-20,22,25H,5,8-15H2,1-4H3,(H,35,36,38,39). The van der Waals surface area contributed by atoms with Gasteiger partial charge in [-0.3, -0.25) is 0 Å². The fraction of sp³-hybridized carbons (Fsp3) is 0.500. The van der Waals surface area contributed by atoms with Crippen LogP contribution in [-0.4, -0.2) is 73.1 Å². The number of rotatable bonds is 7. The molecule has 8 nitrogen and oxygen atoms in total. The number of piperidine rings is 2. The molecular formula is C32H40F2N8. The van der Waals surface area contributed by atoms with Gasteiger partial charge in [-0.05, 0) is 109 Å². The van der Waals surface area contributed by atoms with Crippen LogP contribution in [0.3, 0.4) is 0 Å². The van der Waals surface area contributed by atoms with Gasteiger partial charge in [0.1, 0.15) is 22.9 Å². The van der Waals surface area contributed by atoms with E-state index in [1.165, 1.54) is 37.6 Å². The molecule has 1 N–H and O–H groups in total. The van der Waals surface area contributed by atoms with Gasteiger partial charge < -0.3 is 19.7 Å². The maximum atomic E-state index is 15.0. The van der Waals surface area contributed by atoms with Crippen molar-refractivity contribution >= 4 is 22.8 Å². The van der Waals surface area contributed by atoms with Crippen LogP contribution in [0.2, 0.25) is 0 Å². The number of anilines is 2. The Labute approximate surface area is 246 Å². The van der Waals surface area contributed by atoms with Crippen LogP contribution < -0.4 is 5.32 Å². The maximum Gasteiger partial charge on any atom is 0.229 e. The quantitative estimate of drug-likeness (QED) is 0.271. The summed E-state index contributed by atoms with van der Waals surface area (Å²) >= 11 is 0. The average Bonchev–Trinajstić information content (AvgIpc) is 3.35. The van der Waals surface area contributed by atoms with Crippen molar-refractivity contribution in [2.24, 2.45) is 0 Å². The van der Waals surface area contributed by atoms with Gasteiger partial charge in [0.15, 0.2) is 11.6 Å². The predicted molar refractivity (Wildman–Crippen MR) is 162 cm³/mol. The summed E-state index contributed by atoms with van der Waals surface area (Å²) in [6, 6.07) is 7.84. The first-order valence-corrected chi connectivity index (χ1v) is 15.2. The number of fused-ring (bicyclic) bond motifs is 1. The van der Waals surface area contributed by atoms with Gasteiger partial charge in [-0.15, -0.1) is 0 Å². The lowest BCUT2D eigenvalue weighted by atomic mass is 9.89. The Morgan fingerprint density at radius 2 is 1.69 bits per heavy atom. The minimum atomic E-state index is -0.628. The second-order valence-electron chi connectivity index (χ2n) is 11.9. The molecule has 0 spiro atoms. The van der Waals surface area contributed by atoms with Gasteiger partial charge in [-0.2, -0.15) is 0 Å². The zero-order valence-electron chi connectivity index (χ0n) is 24.9. The van der Waals surface area contributed by atoms with E-state index in [-0.39, 0.29) is 23.2 Å². The average molecular weight is 575 g/mol. The molecule has 1 aromatic carbocycles. The number of hydrogen-bond acceptors (Lipinski definition) is 7. The molecular weight excluding hydrogens is 534 g/mol. The molecule has 0 aliphatic carbocycles. The number of aromatic nitrogens is 5. The van der Waals surface area contributed by atoms with E-state index in [0.717, 1.165) is 44.7 Å². The van der Waals surface area contributed by atoms with Crippen LogP contribution in [0.1, 0.15) is 69.8 Å². The molecule has 0 amide bonds. The summed E-state index contributed by atoms with van der Waals surface area (Å²) in [5.41, 5.74) is 2.46. The molecule has 6 rings (SSSR count). The third kappa shape index (κ3) is 5.74. The minimum Gasteiger partial charge on any atom is -0.326 e. The Kier molecular flexibility index (Phi) is 8.18. The van der Waals surface area contributed by atoms with Crippen molar-refractivity contribution in [3.05, 3.63) is 59.7 Å². The van der Waals surface area contributed by atoms with Gasteiger partial charge in [0.05, 0.1) is 11.7 Å². The first-order valence-electron chi connectivity index (χ1n) is 15.2. The highest BCUT2D eigenvalue weighted by molar-refractivity contribution is 5.83. The van der Waals surface area contributed by atoms with Crippen LogP contribution in [-0.2, 0) is 0 Å². The Hall–Kier alpha value is -3.50. The zero-order chi connectivity index (χ0) is 29.4. The van der Waals surface area contributed by atoms with Crippen molar-refractivity contribution in [1.29, 1.82) is 0 Å². The van der Waals surface area contributed by atoms with Crippen LogP contribution in [0.15, 0.2) is 36.7 Å². The fourth-order valence-corrected chi connectivity index (χ4v) is 6.72. The molecule has 0 radical (unpaired) electrons. The zero-order valence-corrected chi connectivity index (χ0v) is 24.9. The fourth-order valence-electron chi connectivity index (χ4n) is 6.72. The number of likely N-dealkylation sites (tertiary alicyclic amines) is 2. The van der Waals surface area contributed by atoms with Crippen molar-refractivity contribution in [2.45, 2.75) is 71.4 Å². The number of nitrogens with one attached hydrogen (secondary N) is 1. The van der Waals surface area contributed by atoms with E-state index in [4.69, 9.17) is 0 Å². The van der Waals surface area contributed by atoms with Crippen molar-refractivity contribution in [3.8, 4) is 11.3 Å². The van der Waals surface area contributed by atoms with Gasteiger partial charge in [0.25, 0.3) is 0 Å². The highest BCUT2D eigenvalue weighted by Crippen LogP contribution is 2.32. The number of aryl methyl sites for hydroxylation is 1. The molecule has 2 fully saturated rings. The maximum absolute atomic E-state index is 15.0. The van der Waals surface area contributed by atoms with Gasteiger partial charge in [0.2, 0.25) is 5.95 Å². The summed E-state index contributed by atoms with van der Waals surface area (Å²) < 4.78 is 31.9. The van der Waals surface area contributed by atoms with E-state index < -0.39 is 11.6 Å². The SMILES string of the molecule is CCN1CCC(N2CCC(c3ccc(Nc4ncc(F)c(-c5cc(F)c6nc(C)n(C(C)C)c6c5)n4)nc3)CC2)CC1. The third-order valence-corrected chi connectivity index (χ3v) is 9.01. The number of benzene rings is 1. The minimum absolute atomic E-state index is 0.0196. The summed E-state index contributed by atoms with van der Waals surface area (Å²) in [6.07, 6.45) is 7.86. The van der Waals surface area contributed by atoms with Gasteiger partial charge >= 0.3 is 0 Å². The summed E-state index contributed by atoms with van der Waals surface area (Å²) in [4.78, 5) is 22.7. The van der Waals surface area contributed by atoms with Crippen LogP contribution >= 0.6 is 0 Å². The topological polar surface area (TPSA) is 75.0 Å². The van der Waals surface area contributed by atoms with Crippen molar-refractivity contribution in [3.63, 3.8) is 0 Å². The molecule has 42 heavy (non-hydrogen) atoms. The highest BCUT2D eigenvalue weighted by atomic mass is 19.1. The molecule has 4 aromatic rings. The van der Waals surface area contributed by atoms with Crippen molar-refractivity contribution in [2.75, 3.05) is 38.0 Å². The van der Waals surface area contributed by atoms with Crippen LogP contribution in [0.5, 0.6) is 0 Å². The van der Waals surface area contributed by atoms with Crippen LogP contribution in [0, 0.1) is 18.6 Å². The normalized spacial score (nSPS) is 17.9. The number of halogens is 2. The molecule has 3 aromatic heterocycles. The van der Waals surface area contributed by atoms with Gasteiger partial charge in [-0.25, -0.2) is 28.7 Å². The first kappa shape index (κ1) is 28.6. The Morgan fingerprint density at radius 1 is 0.929 bits per heavy atom. The molecule has 0 atom stereocenters. The Bertz CT molecular complexity index is 1530. The van der Waals surface area contributed by atoms with E-state index in [1.54, 1.807) is 6.07 Å². The van der Waals surface area contributed by atoms with E-state index in [0.29, 0.717) is 28.6 Å². The smallest absolute Gasteiger partial charge is 0.229 e. The molecule has 222 valence electrons.